The van der Waals surface area contributed by atoms with E-state index in [0.717, 1.165) is 5.12 Å². The summed E-state index contributed by atoms with van der Waals surface area (Å²) in [6.07, 6.45) is -2.85. The van der Waals surface area contributed by atoms with E-state index in [9.17, 15) is 14.0 Å². The lowest BCUT2D eigenvalue weighted by Gasteiger charge is -2.24. The van der Waals surface area contributed by atoms with E-state index >= 15 is 0 Å². The number of hydrazone groups is 1. The predicted octanol–water partition coefficient (Wildman–Crippen LogP) is 3.97. The molecule has 7 N–H and O–H groups in total. The molecule has 0 atom stereocenters. The van der Waals surface area contributed by atoms with Gasteiger partial charge in [-0.1, -0.05) is 6.07 Å². The number of fused-ring (bicyclic) bond motifs is 1. The summed E-state index contributed by atoms with van der Waals surface area (Å²) >= 11 is 0. The Kier molecular flexibility index (Phi) is 8.17. The number of nitrogens with one attached hydrogen (secondary N) is 3. The van der Waals surface area contributed by atoms with Crippen molar-refractivity contribution in [1.82, 2.24) is 25.1 Å². The van der Waals surface area contributed by atoms with Gasteiger partial charge in [-0.15, -0.1) is 5.10 Å². The summed E-state index contributed by atoms with van der Waals surface area (Å²) in [4.78, 5) is 15.4. The minimum absolute atomic E-state index is 0.0893. The summed E-state index contributed by atoms with van der Waals surface area (Å²) in [5, 5.41) is 21.0. The van der Waals surface area contributed by atoms with Crippen molar-refractivity contribution >= 4 is 40.0 Å². The zero-order valence-corrected chi connectivity index (χ0v) is 23.0. The van der Waals surface area contributed by atoms with Crippen LogP contribution in [0.4, 0.5) is 31.8 Å². The maximum Gasteiger partial charge on any atom is 0.295 e. The minimum atomic E-state index is -2.85. The van der Waals surface area contributed by atoms with Crippen molar-refractivity contribution in [1.29, 1.82) is 5.26 Å². The number of hydrogen-bond donors (Lipinski definition) is 5. The fourth-order valence-corrected chi connectivity index (χ4v) is 4.04. The Morgan fingerprint density at radius 1 is 1.12 bits per heavy atom. The van der Waals surface area contributed by atoms with Gasteiger partial charge in [0, 0.05) is 25.8 Å². The summed E-state index contributed by atoms with van der Waals surface area (Å²) in [5.74, 6) is 6.02. The van der Waals surface area contributed by atoms with Crippen molar-refractivity contribution < 1.29 is 18.3 Å². The number of nitriles is 1. The van der Waals surface area contributed by atoms with Gasteiger partial charge < -0.3 is 30.8 Å². The highest BCUT2D eigenvalue weighted by atomic mass is 19.3. The first-order valence-corrected chi connectivity index (χ1v) is 12.2. The molecular formula is C26H29F2N11O2. The lowest BCUT2D eigenvalue weighted by atomic mass is 9.96. The quantitative estimate of drug-likeness (QED) is 0.0810. The number of imidazole rings is 1. The Morgan fingerprint density at radius 2 is 1.88 bits per heavy atom. The molecular weight excluding hydrogens is 536 g/mol. The maximum absolute atomic E-state index is 13.6. The number of H-pyrrole nitrogens is 1. The molecule has 0 aliphatic rings. The first-order valence-electron chi connectivity index (χ1n) is 12.2. The van der Waals surface area contributed by atoms with Crippen LogP contribution in [0.2, 0.25) is 0 Å². The molecule has 0 bridgehead atoms. The molecule has 0 radical (unpaired) electrons. The number of hydrogen-bond acceptors (Lipinski definition) is 11. The van der Waals surface area contributed by atoms with Gasteiger partial charge in [0.15, 0.2) is 23.1 Å². The number of halogens is 2. The zero-order valence-electron chi connectivity index (χ0n) is 23.0. The molecule has 0 aliphatic carbocycles. The Morgan fingerprint density at radius 3 is 2.51 bits per heavy atom. The number of nitrogens with two attached hydrogens (primary N) is 2. The number of hydrazine groups is 1. The van der Waals surface area contributed by atoms with Crippen molar-refractivity contribution in [2.45, 2.75) is 25.9 Å². The highest BCUT2D eigenvalue weighted by Gasteiger charge is 2.25. The number of alkyl halides is 2. The molecule has 15 heteroatoms. The van der Waals surface area contributed by atoms with Crippen molar-refractivity contribution in [3.05, 3.63) is 59.0 Å². The normalized spacial score (nSPS) is 12.0. The molecule has 4 aromatic rings. The van der Waals surface area contributed by atoms with E-state index in [2.05, 4.69) is 41.7 Å². The second-order valence-corrected chi connectivity index (χ2v) is 9.29. The zero-order chi connectivity index (χ0) is 29.9. The standard InChI is InChI=1S/C26H29F2N11O2/c1-26(2,41-5)14-9-10-18(33-17(14)12-29)34-19-11-16(20-24(35-19)37-25(36-20)22(27)28)32-15-8-6-7-13(21(15)40-4)23(30)38-39(3)31/h6-11,22H,31H2,1-5H3,(H2,30,38)(H3,32,33,34,35,36,37). The van der Waals surface area contributed by atoms with E-state index in [0.29, 0.717) is 34.1 Å². The molecule has 0 spiro atoms. The third-order valence-electron chi connectivity index (χ3n) is 6.12. The molecule has 0 fully saturated rings. The number of ether oxygens (including phenoxy) is 2. The summed E-state index contributed by atoms with van der Waals surface area (Å²) in [6.45, 7) is 3.64. The van der Waals surface area contributed by atoms with Crippen LogP contribution in [-0.2, 0) is 10.3 Å². The molecule has 0 saturated carbocycles. The highest BCUT2D eigenvalue weighted by Crippen LogP contribution is 2.35. The lowest BCUT2D eigenvalue weighted by Crippen LogP contribution is -2.26. The van der Waals surface area contributed by atoms with Crippen LogP contribution in [0.15, 0.2) is 41.5 Å². The van der Waals surface area contributed by atoms with Gasteiger partial charge in [0.25, 0.3) is 6.43 Å². The first-order chi connectivity index (χ1) is 19.5. The molecule has 214 valence electrons. The number of anilines is 4. The number of aromatic amines is 1. The van der Waals surface area contributed by atoms with Gasteiger partial charge in [-0.2, -0.15) is 5.26 Å². The number of benzene rings is 1. The first kappa shape index (κ1) is 28.9. The number of pyridine rings is 2. The van der Waals surface area contributed by atoms with Crippen LogP contribution in [0.25, 0.3) is 11.2 Å². The Labute approximate surface area is 234 Å². The van der Waals surface area contributed by atoms with E-state index in [1.54, 1.807) is 43.5 Å². The number of amidine groups is 1. The minimum Gasteiger partial charge on any atom is -0.494 e. The van der Waals surface area contributed by atoms with Gasteiger partial charge in [0.05, 0.1) is 29.6 Å². The number of para-hydroxylation sites is 1. The molecule has 41 heavy (non-hydrogen) atoms. The third kappa shape index (κ3) is 6.08. The monoisotopic (exact) mass is 565 g/mol. The van der Waals surface area contributed by atoms with Gasteiger partial charge in [-0.25, -0.2) is 34.7 Å². The van der Waals surface area contributed by atoms with Crippen molar-refractivity contribution in [2.75, 3.05) is 31.9 Å². The summed E-state index contributed by atoms with van der Waals surface area (Å²) in [6, 6.07) is 12.1. The summed E-state index contributed by atoms with van der Waals surface area (Å²) < 4.78 is 38.2. The number of methoxy groups -OCH3 is 2. The molecule has 0 unspecified atom stereocenters. The predicted molar refractivity (Wildman–Crippen MR) is 150 cm³/mol. The van der Waals surface area contributed by atoms with Gasteiger partial charge in [-0.05, 0) is 38.1 Å². The van der Waals surface area contributed by atoms with Crippen LogP contribution in [-0.4, -0.2) is 52.2 Å². The van der Waals surface area contributed by atoms with Crippen molar-refractivity contribution in [2.24, 2.45) is 16.7 Å². The van der Waals surface area contributed by atoms with Gasteiger partial charge in [0.1, 0.15) is 28.9 Å². The van der Waals surface area contributed by atoms with E-state index < -0.39 is 17.9 Å². The molecule has 3 heterocycles. The van der Waals surface area contributed by atoms with Gasteiger partial charge in [0.2, 0.25) is 0 Å². The number of nitrogens with zero attached hydrogens (tertiary/aromatic N) is 6. The summed E-state index contributed by atoms with van der Waals surface area (Å²) in [5.41, 5.74) is 7.58. The molecule has 13 nitrogen and oxygen atoms in total. The van der Waals surface area contributed by atoms with Crippen LogP contribution >= 0.6 is 0 Å². The lowest BCUT2D eigenvalue weighted by molar-refractivity contribution is 0.0187. The van der Waals surface area contributed by atoms with Gasteiger partial charge in [-0.3, -0.25) is 0 Å². The average Bonchev–Trinajstić information content (AvgIpc) is 3.37. The van der Waals surface area contributed by atoms with Crippen LogP contribution in [0, 0.1) is 11.3 Å². The molecule has 1 aromatic carbocycles. The molecule has 0 amide bonds. The molecule has 0 saturated heterocycles. The Bertz CT molecular complexity index is 1640. The largest absolute Gasteiger partial charge is 0.494 e. The van der Waals surface area contributed by atoms with Crippen LogP contribution in [0.5, 0.6) is 5.75 Å². The van der Waals surface area contributed by atoms with E-state index in [4.69, 9.17) is 21.1 Å². The maximum atomic E-state index is 13.6. The number of rotatable bonds is 10. The topological polar surface area (TPSA) is 188 Å². The molecule has 3 aromatic heterocycles. The highest BCUT2D eigenvalue weighted by molar-refractivity contribution is 6.02. The third-order valence-corrected chi connectivity index (χ3v) is 6.12. The van der Waals surface area contributed by atoms with Crippen LogP contribution in [0.3, 0.4) is 0 Å². The molecule has 4 rings (SSSR count). The second-order valence-electron chi connectivity index (χ2n) is 9.29. The smallest absolute Gasteiger partial charge is 0.295 e. The van der Waals surface area contributed by atoms with Crippen LogP contribution in [0.1, 0.15) is 42.9 Å². The van der Waals surface area contributed by atoms with Crippen LogP contribution < -0.4 is 26.9 Å². The van der Waals surface area contributed by atoms with E-state index in [1.807, 2.05) is 13.8 Å². The summed E-state index contributed by atoms with van der Waals surface area (Å²) in [7, 11) is 4.51. The van der Waals surface area contributed by atoms with E-state index in [1.165, 1.54) is 14.2 Å². The second kappa shape index (κ2) is 11.6. The molecule has 0 aliphatic heterocycles. The van der Waals surface area contributed by atoms with Crippen molar-refractivity contribution in [3.63, 3.8) is 0 Å². The fourth-order valence-electron chi connectivity index (χ4n) is 4.04. The SMILES string of the molecule is COc1c(Nc2cc(Nc3ccc(C(C)(C)OC)c(C#N)n3)nc3[nH]c(C(F)F)nc23)cccc1/C(N)=N/N(C)N. The average molecular weight is 566 g/mol. The fraction of sp³-hybridized carbons (Fsp3) is 0.269. The number of aromatic nitrogens is 4. The van der Waals surface area contributed by atoms with E-state index in [-0.39, 0.29) is 28.5 Å². The Balaban J connectivity index is 1.80. The van der Waals surface area contributed by atoms with Crippen molar-refractivity contribution in [3.8, 4) is 11.8 Å². The Hall–Kier alpha value is -5.07. The van der Waals surface area contributed by atoms with Gasteiger partial charge >= 0.3 is 0 Å².